The van der Waals surface area contributed by atoms with Crippen LogP contribution in [0.15, 0.2) is 23.6 Å². The molecule has 2 aromatic rings. The summed E-state index contributed by atoms with van der Waals surface area (Å²) in [5.74, 6) is 1.14. The summed E-state index contributed by atoms with van der Waals surface area (Å²) >= 11 is 1.42. The molecule has 0 aliphatic rings. The van der Waals surface area contributed by atoms with Crippen LogP contribution in [0.25, 0.3) is 10.6 Å². The molecule has 1 unspecified atom stereocenters. The third-order valence-corrected chi connectivity index (χ3v) is 4.86. The molecule has 0 radical (unpaired) electrons. The molecule has 1 amide bonds. The number of benzene rings is 1. The summed E-state index contributed by atoms with van der Waals surface area (Å²) in [5.41, 5.74) is 1.26. The van der Waals surface area contributed by atoms with Gasteiger partial charge in [0, 0.05) is 11.4 Å². The maximum absolute atomic E-state index is 12.4. The van der Waals surface area contributed by atoms with Crippen molar-refractivity contribution in [1.82, 2.24) is 10.3 Å². The number of methoxy groups -OCH3 is 2. The van der Waals surface area contributed by atoms with Gasteiger partial charge in [0.05, 0.1) is 19.8 Å². The maximum atomic E-state index is 12.4. The van der Waals surface area contributed by atoms with Crippen molar-refractivity contribution in [2.45, 2.75) is 45.6 Å². The topological polar surface area (TPSA) is 60.5 Å². The van der Waals surface area contributed by atoms with Crippen LogP contribution in [0.5, 0.6) is 11.5 Å². The smallest absolute Gasteiger partial charge is 0.270 e. The van der Waals surface area contributed by atoms with E-state index in [0.717, 1.165) is 23.4 Å². The number of hydrogen-bond donors (Lipinski definition) is 1. The molecule has 6 heteroatoms. The van der Waals surface area contributed by atoms with Gasteiger partial charge < -0.3 is 14.8 Å². The van der Waals surface area contributed by atoms with Crippen LogP contribution in [0.1, 0.15) is 50.0 Å². The van der Waals surface area contributed by atoms with Crippen molar-refractivity contribution in [2.75, 3.05) is 14.2 Å². The summed E-state index contributed by atoms with van der Waals surface area (Å²) < 4.78 is 10.8. The molecule has 1 heterocycles. The average molecular weight is 362 g/mol. The summed E-state index contributed by atoms with van der Waals surface area (Å²) in [6, 6.07) is 5.78. The van der Waals surface area contributed by atoms with Crippen molar-refractivity contribution in [3.8, 4) is 22.1 Å². The number of carbonyl (C=O) groups excluding carboxylic acids is 1. The molecule has 1 atom stereocenters. The summed E-state index contributed by atoms with van der Waals surface area (Å²) in [6.45, 7) is 4.21. The van der Waals surface area contributed by atoms with Gasteiger partial charge in [-0.2, -0.15) is 0 Å². The van der Waals surface area contributed by atoms with E-state index < -0.39 is 0 Å². The Bertz CT molecular complexity index is 700. The SMILES string of the molecule is CCCCCC(C)NC(=O)c1csc(-c2cccc(OC)c2OC)n1. The molecule has 1 N–H and O–H groups in total. The summed E-state index contributed by atoms with van der Waals surface area (Å²) in [4.78, 5) is 16.9. The number of unbranched alkanes of at least 4 members (excludes halogenated alkanes) is 2. The third kappa shape index (κ3) is 4.95. The van der Waals surface area contributed by atoms with Gasteiger partial charge >= 0.3 is 0 Å². The van der Waals surface area contributed by atoms with E-state index in [1.807, 2.05) is 25.1 Å². The van der Waals surface area contributed by atoms with E-state index in [4.69, 9.17) is 9.47 Å². The quantitative estimate of drug-likeness (QED) is 0.666. The van der Waals surface area contributed by atoms with Crippen LogP contribution in [-0.4, -0.2) is 31.2 Å². The van der Waals surface area contributed by atoms with Crippen molar-refractivity contribution in [1.29, 1.82) is 0 Å². The van der Waals surface area contributed by atoms with Gasteiger partial charge in [-0.1, -0.05) is 32.3 Å². The highest BCUT2D eigenvalue weighted by Gasteiger charge is 2.18. The van der Waals surface area contributed by atoms with Crippen LogP contribution >= 0.6 is 11.3 Å². The van der Waals surface area contributed by atoms with E-state index >= 15 is 0 Å². The highest BCUT2D eigenvalue weighted by atomic mass is 32.1. The highest BCUT2D eigenvalue weighted by molar-refractivity contribution is 7.13. The third-order valence-electron chi connectivity index (χ3n) is 3.99. The minimum Gasteiger partial charge on any atom is -0.493 e. The first kappa shape index (κ1) is 19.2. The number of ether oxygens (including phenoxy) is 2. The Balaban J connectivity index is 2.11. The van der Waals surface area contributed by atoms with Crippen molar-refractivity contribution >= 4 is 17.2 Å². The van der Waals surface area contributed by atoms with Gasteiger partial charge in [-0.25, -0.2) is 4.98 Å². The average Bonchev–Trinajstić information content (AvgIpc) is 3.11. The summed E-state index contributed by atoms with van der Waals surface area (Å²) in [6.07, 6.45) is 4.48. The van der Waals surface area contributed by atoms with Gasteiger partial charge in [-0.15, -0.1) is 11.3 Å². The highest BCUT2D eigenvalue weighted by Crippen LogP contribution is 2.38. The lowest BCUT2D eigenvalue weighted by atomic mass is 10.1. The van der Waals surface area contributed by atoms with Crippen LogP contribution in [-0.2, 0) is 0 Å². The first-order chi connectivity index (χ1) is 12.1. The van der Waals surface area contributed by atoms with E-state index in [0.29, 0.717) is 17.2 Å². The van der Waals surface area contributed by atoms with Crippen LogP contribution < -0.4 is 14.8 Å². The fourth-order valence-corrected chi connectivity index (χ4v) is 3.45. The number of nitrogens with zero attached hydrogens (tertiary/aromatic N) is 1. The Kier molecular flexibility index (Phi) is 7.25. The second-order valence-electron chi connectivity index (χ2n) is 5.95. The zero-order valence-electron chi connectivity index (χ0n) is 15.3. The van der Waals surface area contributed by atoms with E-state index in [2.05, 4.69) is 17.2 Å². The van der Waals surface area contributed by atoms with Crippen LogP contribution in [0.2, 0.25) is 0 Å². The van der Waals surface area contributed by atoms with Crippen molar-refractivity contribution < 1.29 is 14.3 Å². The molecule has 0 aliphatic heterocycles. The van der Waals surface area contributed by atoms with Crippen LogP contribution in [0.3, 0.4) is 0 Å². The van der Waals surface area contributed by atoms with Gasteiger partial charge in [0.1, 0.15) is 10.7 Å². The number of para-hydroxylation sites is 1. The Hall–Kier alpha value is -2.08. The molecular formula is C19H26N2O3S. The van der Waals surface area contributed by atoms with Gasteiger partial charge in [-0.3, -0.25) is 4.79 Å². The lowest BCUT2D eigenvalue weighted by molar-refractivity contribution is 0.0933. The second kappa shape index (κ2) is 9.42. The minimum atomic E-state index is -0.131. The van der Waals surface area contributed by atoms with Gasteiger partial charge in [0.2, 0.25) is 0 Å². The Morgan fingerprint density at radius 2 is 2.08 bits per heavy atom. The molecule has 0 saturated heterocycles. The van der Waals surface area contributed by atoms with Gasteiger partial charge in [-0.05, 0) is 25.5 Å². The predicted octanol–water partition coefficient (Wildman–Crippen LogP) is 4.53. The largest absolute Gasteiger partial charge is 0.493 e. The van der Waals surface area contributed by atoms with Crippen molar-refractivity contribution in [3.05, 3.63) is 29.3 Å². The van der Waals surface area contributed by atoms with Crippen molar-refractivity contribution in [2.24, 2.45) is 0 Å². The number of aromatic nitrogens is 1. The first-order valence-electron chi connectivity index (χ1n) is 8.58. The molecule has 0 fully saturated rings. The van der Waals surface area contributed by atoms with E-state index in [1.54, 1.807) is 19.6 Å². The Morgan fingerprint density at radius 1 is 1.28 bits per heavy atom. The number of amides is 1. The molecule has 0 spiro atoms. The molecule has 25 heavy (non-hydrogen) atoms. The van der Waals surface area contributed by atoms with E-state index in [9.17, 15) is 4.79 Å². The van der Waals surface area contributed by atoms with Gasteiger partial charge in [0.15, 0.2) is 11.5 Å². The number of nitrogens with one attached hydrogen (secondary N) is 1. The monoisotopic (exact) mass is 362 g/mol. The molecule has 1 aromatic carbocycles. The number of hydrogen-bond acceptors (Lipinski definition) is 5. The summed E-state index contributed by atoms with van der Waals surface area (Å²) in [5, 5.41) is 5.54. The van der Waals surface area contributed by atoms with Crippen molar-refractivity contribution in [3.63, 3.8) is 0 Å². The zero-order valence-corrected chi connectivity index (χ0v) is 16.1. The minimum absolute atomic E-state index is 0.131. The van der Waals surface area contributed by atoms with Gasteiger partial charge in [0.25, 0.3) is 5.91 Å². The predicted molar refractivity (Wildman–Crippen MR) is 102 cm³/mol. The molecule has 136 valence electrons. The molecular weight excluding hydrogens is 336 g/mol. The number of thiazole rings is 1. The lowest BCUT2D eigenvalue weighted by Gasteiger charge is -2.12. The standard InChI is InChI=1S/C19H26N2O3S/c1-5-6-7-9-13(2)20-18(22)15-12-25-19(21-15)14-10-8-11-16(23-3)17(14)24-4/h8,10-13H,5-7,9H2,1-4H3,(H,20,22). The lowest BCUT2D eigenvalue weighted by Crippen LogP contribution is -2.32. The normalized spacial score (nSPS) is 11.8. The summed E-state index contributed by atoms with van der Waals surface area (Å²) in [7, 11) is 3.20. The van der Waals surface area contributed by atoms with E-state index in [-0.39, 0.29) is 11.9 Å². The number of carbonyl (C=O) groups is 1. The maximum Gasteiger partial charge on any atom is 0.270 e. The molecule has 0 saturated carbocycles. The fraction of sp³-hybridized carbons (Fsp3) is 0.474. The molecule has 1 aromatic heterocycles. The van der Waals surface area contributed by atoms with E-state index in [1.165, 1.54) is 24.2 Å². The van der Waals surface area contributed by atoms with Crippen LogP contribution in [0, 0.1) is 0 Å². The fourth-order valence-electron chi connectivity index (χ4n) is 2.63. The Morgan fingerprint density at radius 3 is 2.76 bits per heavy atom. The second-order valence-corrected chi connectivity index (χ2v) is 6.81. The van der Waals surface area contributed by atoms with Crippen LogP contribution in [0.4, 0.5) is 0 Å². The first-order valence-corrected chi connectivity index (χ1v) is 9.46. The Labute approximate surface area is 153 Å². The zero-order chi connectivity index (χ0) is 18.2. The number of rotatable bonds is 9. The molecule has 0 bridgehead atoms. The molecule has 5 nitrogen and oxygen atoms in total. The molecule has 2 rings (SSSR count). The molecule has 0 aliphatic carbocycles.